The molecule has 0 amide bonds. The van der Waals surface area contributed by atoms with E-state index in [-0.39, 0.29) is 5.90 Å². The van der Waals surface area contributed by atoms with Crippen LogP contribution in [-0.2, 0) is 4.74 Å². The molecule has 1 aromatic rings. The lowest BCUT2D eigenvalue weighted by molar-refractivity contribution is 0.290. The van der Waals surface area contributed by atoms with Gasteiger partial charge in [-0.1, -0.05) is 11.6 Å². The molecular formula is C12H14ClNO2. The van der Waals surface area contributed by atoms with Crippen LogP contribution in [0.1, 0.15) is 26.3 Å². The summed E-state index contributed by atoms with van der Waals surface area (Å²) >= 11 is 5.76. The highest BCUT2D eigenvalue weighted by atomic mass is 35.5. The van der Waals surface area contributed by atoms with E-state index in [2.05, 4.69) is 5.16 Å². The predicted molar refractivity (Wildman–Crippen MR) is 64.9 cm³/mol. The zero-order valence-electron chi connectivity index (χ0n) is 9.49. The summed E-state index contributed by atoms with van der Waals surface area (Å²) in [6.45, 7) is 5.66. The Bertz CT molecular complexity index is 417. The van der Waals surface area contributed by atoms with Crippen LogP contribution in [0.2, 0.25) is 5.02 Å². The number of oxime groups is 1. The molecule has 0 saturated carbocycles. The second kappa shape index (κ2) is 5.56. The Labute approximate surface area is 100.0 Å². The van der Waals surface area contributed by atoms with Gasteiger partial charge in [0.1, 0.15) is 5.76 Å². The predicted octanol–water partition coefficient (Wildman–Crippen LogP) is 3.81. The van der Waals surface area contributed by atoms with E-state index >= 15 is 0 Å². The zero-order chi connectivity index (χ0) is 12.1. The maximum Gasteiger partial charge on any atom is 0.262 e. The molecule has 0 radical (unpaired) electrons. The number of hydrogen-bond acceptors (Lipinski definition) is 3. The molecule has 0 aliphatic heterocycles. The minimum Gasteiger partial charge on any atom is -0.441 e. The molecule has 4 heteroatoms. The fourth-order valence-corrected chi connectivity index (χ4v) is 1.10. The van der Waals surface area contributed by atoms with Crippen molar-refractivity contribution in [2.75, 3.05) is 0 Å². The van der Waals surface area contributed by atoms with Gasteiger partial charge in [0, 0.05) is 10.6 Å². The van der Waals surface area contributed by atoms with Crippen molar-refractivity contribution in [2.45, 2.75) is 20.8 Å². The van der Waals surface area contributed by atoms with E-state index in [0.29, 0.717) is 16.3 Å². The topological polar surface area (TPSA) is 41.8 Å². The van der Waals surface area contributed by atoms with E-state index in [9.17, 15) is 0 Å². The van der Waals surface area contributed by atoms with Crippen molar-refractivity contribution in [3.05, 3.63) is 46.2 Å². The Kier molecular flexibility index (Phi) is 4.38. The molecule has 0 spiro atoms. The monoisotopic (exact) mass is 239 g/mol. The third kappa shape index (κ3) is 3.28. The number of hydrogen-bond donors (Lipinski definition) is 1. The van der Waals surface area contributed by atoms with Crippen LogP contribution >= 0.6 is 11.6 Å². The summed E-state index contributed by atoms with van der Waals surface area (Å²) in [6.07, 6.45) is 0. The van der Waals surface area contributed by atoms with Gasteiger partial charge in [0.2, 0.25) is 0 Å². The minimum atomic E-state index is 0.162. The van der Waals surface area contributed by atoms with Crippen molar-refractivity contribution in [1.82, 2.24) is 0 Å². The SMILES string of the molecule is CC(C)=C(C)O/C(=N/O)c1ccc(Cl)cc1. The molecule has 1 aromatic carbocycles. The average Bonchev–Trinajstić information content (AvgIpc) is 2.26. The van der Waals surface area contributed by atoms with Gasteiger partial charge in [-0.3, -0.25) is 0 Å². The molecule has 86 valence electrons. The van der Waals surface area contributed by atoms with Crippen molar-refractivity contribution < 1.29 is 9.94 Å². The standard InChI is InChI=1S/C12H14ClNO2/c1-8(2)9(3)16-12(14-15)10-4-6-11(13)7-5-10/h4-7,15H,1-3H3/b14-12+. The normalized spacial score (nSPS) is 11.1. The van der Waals surface area contributed by atoms with Crippen molar-refractivity contribution in [1.29, 1.82) is 0 Å². The maximum atomic E-state index is 8.89. The number of nitrogens with zero attached hydrogens (tertiary/aromatic N) is 1. The van der Waals surface area contributed by atoms with Gasteiger partial charge in [0.15, 0.2) is 0 Å². The molecule has 3 nitrogen and oxygen atoms in total. The quantitative estimate of drug-likeness (QED) is 0.280. The molecule has 0 unspecified atom stereocenters. The summed E-state index contributed by atoms with van der Waals surface area (Å²) < 4.78 is 5.42. The van der Waals surface area contributed by atoms with E-state index in [1.807, 2.05) is 20.8 Å². The number of ether oxygens (including phenoxy) is 1. The third-order valence-corrected chi connectivity index (χ3v) is 2.39. The maximum absolute atomic E-state index is 8.89. The zero-order valence-corrected chi connectivity index (χ0v) is 10.2. The van der Waals surface area contributed by atoms with Crippen molar-refractivity contribution in [3.8, 4) is 0 Å². The number of rotatable bonds is 2. The molecule has 0 saturated heterocycles. The summed E-state index contributed by atoms with van der Waals surface area (Å²) in [4.78, 5) is 0. The van der Waals surface area contributed by atoms with Crippen LogP contribution in [0.25, 0.3) is 0 Å². The summed E-state index contributed by atoms with van der Waals surface area (Å²) in [6, 6.07) is 6.89. The Morgan fingerprint density at radius 1 is 1.19 bits per heavy atom. The van der Waals surface area contributed by atoms with Crippen LogP contribution in [-0.4, -0.2) is 11.1 Å². The highest BCUT2D eigenvalue weighted by Crippen LogP contribution is 2.13. The second-order valence-corrected chi connectivity index (χ2v) is 4.01. The number of halogens is 1. The highest BCUT2D eigenvalue weighted by Gasteiger charge is 2.07. The molecule has 0 heterocycles. The second-order valence-electron chi connectivity index (χ2n) is 3.57. The molecule has 0 aliphatic carbocycles. The highest BCUT2D eigenvalue weighted by molar-refractivity contribution is 6.30. The van der Waals surface area contributed by atoms with Gasteiger partial charge in [0.25, 0.3) is 5.90 Å². The van der Waals surface area contributed by atoms with E-state index in [4.69, 9.17) is 21.5 Å². The van der Waals surface area contributed by atoms with Crippen LogP contribution in [0.3, 0.4) is 0 Å². The van der Waals surface area contributed by atoms with E-state index in [1.54, 1.807) is 24.3 Å². The first-order valence-corrected chi connectivity index (χ1v) is 5.22. The molecule has 1 rings (SSSR count). The van der Waals surface area contributed by atoms with Gasteiger partial charge in [-0.2, -0.15) is 0 Å². The Balaban J connectivity index is 2.93. The summed E-state index contributed by atoms with van der Waals surface area (Å²) in [5.74, 6) is 0.873. The Morgan fingerprint density at radius 3 is 2.19 bits per heavy atom. The first-order valence-electron chi connectivity index (χ1n) is 4.84. The van der Waals surface area contributed by atoms with Gasteiger partial charge < -0.3 is 9.94 Å². The average molecular weight is 240 g/mol. The van der Waals surface area contributed by atoms with E-state index in [1.165, 1.54) is 0 Å². The lowest BCUT2D eigenvalue weighted by Gasteiger charge is -2.09. The van der Waals surface area contributed by atoms with Gasteiger partial charge >= 0.3 is 0 Å². The van der Waals surface area contributed by atoms with Crippen LogP contribution in [0.4, 0.5) is 0 Å². The summed E-state index contributed by atoms with van der Waals surface area (Å²) in [5.41, 5.74) is 1.70. The molecule has 1 N–H and O–H groups in total. The molecule has 0 fully saturated rings. The fourth-order valence-electron chi connectivity index (χ4n) is 0.977. The first-order chi connectivity index (χ1) is 7.54. The molecule has 0 atom stereocenters. The van der Waals surface area contributed by atoms with Crippen molar-refractivity contribution in [3.63, 3.8) is 0 Å². The number of allylic oxidation sites excluding steroid dienone is 2. The summed E-state index contributed by atoms with van der Waals surface area (Å²) in [5, 5.41) is 12.6. The van der Waals surface area contributed by atoms with E-state index in [0.717, 1.165) is 5.57 Å². The minimum absolute atomic E-state index is 0.162. The smallest absolute Gasteiger partial charge is 0.262 e. The lowest BCUT2D eigenvalue weighted by Crippen LogP contribution is -2.06. The van der Waals surface area contributed by atoms with Gasteiger partial charge in [-0.05, 0) is 55.8 Å². The largest absolute Gasteiger partial charge is 0.441 e. The van der Waals surface area contributed by atoms with Crippen LogP contribution in [0.5, 0.6) is 0 Å². The third-order valence-electron chi connectivity index (χ3n) is 2.14. The van der Waals surface area contributed by atoms with Crippen molar-refractivity contribution >= 4 is 17.5 Å². The summed E-state index contributed by atoms with van der Waals surface area (Å²) in [7, 11) is 0. The van der Waals surface area contributed by atoms with Gasteiger partial charge in [-0.25, -0.2) is 0 Å². The van der Waals surface area contributed by atoms with Crippen LogP contribution in [0, 0.1) is 0 Å². The lowest BCUT2D eigenvalue weighted by atomic mass is 10.2. The molecule has 0 aliphatic rings. The van der Waals surface area contributed by atoms with Crippen LogP contribution < -0.4 is 0 Å². The fraction of sp³-hybridized carbons (Fsp3) is 0.250. The Morgan fingerprint density at radius 2 is 1.75 bits per heavy atom. The van der Waals surface area contributed by atoms with Crippen LogP contribution in [0.15, 0.2) is 40.8 Å². The number of benzene rings is 1. The molecular weight excluding hydrogens is 226 g/mol. The molecule has 0 aromatic heterocycles. The molecule has 0 bridgehead atoms. The van der Waals surface area contributed by atoms with Gasteiger partial charge in [0.05, 0.1) is 0 Å². The molecule has 16 heavy (non-hydrogen) atoms. The Hall–Kier alpha value is -1.48. The first kappa shape index (κ1) is 12.6. The van der Waals surface area contributed by atoms with Crippen molar-refractivity contribution in [2.24, 2.45) is 5.16 Å². The van der Waals surface area contributed by atoms with E-state index < -0.39 is 0 Å². The van der Waals surface area contributed by atoms with Gasteiger partial charge in [-0.15, -0.1) is 0 Å².